The van der Waals surface area contributed by atoms with Crippen molar-refractivity contribution in [3.05, 3.63) is 85.3 Å². The Balaban J connectivity index is 2.58. The van der Waals surface area contributed by atoms with Gasteiger partial charge in [0.25, 0.3) is 0 Å². The topological polar surface area (TPSA) is 52.6 Å². The first kappa shape index (κ1) is 15.3. The number of hydrogen-bond acceptors (Lipinski definition) is 4. The highest BCUT2D eigenvalue weighted by Crippen LogP contribution is 2.28. The molecular formula is C18H14O4. The summed E-state index contributed by atoms with van der Waals surface area (Å²) in [5.41, 5.74) is 1.82. The van der Waals surface area contributed by atoms with Crippen molar-refractivity contribution in [2.24, 2.45) is 0 Å². The van der Waals surface area contributed by atoms with Crippen LogP contribution in [0.3, 0.4) is 0 Å². The van der Waals surface area contributed by atoms with Gasteiger partial charge in [-0.1, -0.05) is 49.6 Å². The standard InChI is InChI=1S/C18H14O4/c1-3-21-17(19)15-11-7-5-9-13(15)14-10-6-8-12-16(14)18(20)22-4-2/h3-12H,1-2H2. The zero-order chi connectivity index (χ0) is 15.9. The first-order chi connectivity index (χ1) is 10.7. The molecule has 0 aromatic heterocycles. The van der Waals surface area contributed by atoms with Crippen molar-refractivity contribution in [3.63, 3.8) is 0 Å². The second-order valence-electron chi connectivity index (χ2n) is 4.24. The van der Waals surface area contributed by atoms with Gasteiger partial charge >= 0.3 is 11.9 Å². The van der Waals surface area contributed by atoms with Gasteiger partial charge in [-0.25, -0.2) is 9.59 Å². The van der Waals surface area contributed by atoms with Gasteiger partial charge in [-0.2, -0.15) is 0 Å². The molecule has 0 bridgehead atoms. The van der Waals surface area contributed by atoms with Crippen LogP contribution in [-0.4, -0.2) is 11.9 Å². The maximum Gasteiger partial charge on any atom is 0.343 e. The summed E-state index contributed by atoms with van der Waals surface area (Å²) >= 11 is 0. The van der Waals surface area contributed by atoms with E-state index < -0.39 is 11.9 Å². The molecule has 0 aliphatic rings. The third kappa shape index (κ3) is 3.12. The molecule has 0 radical (unpaired) electrons. The SMILES string of the molecule is C=COC(=O)c1ccccc1-c1ccccc1C(=O)OC=C. The Kier molecular flexibility index (Phi) is 4.88. The summed E-state index contributed by atoms with van der Waals surface area (Å²) in [7, 11) is 0. The highest BCUT2D eigenvalue weighted by atomic mass is 16.5. The van der Waals surface area contributed by atoms with Gasteiger partial charge in [0.1, 0.15) is 0 Å². The van der Waals surface area contributed by atoms with Gasteiger partial charge in [0.05, 0.1) is 23.7 Å². The van der Waals surface area contributed by atoms with Crippen molar-refractivity contribution in [3.8, 4) is 11.1 Å². The van der Waals surface area contributed by atoms with E-state index in [1.54, 1.807) is 48.5 Å². The van der Waals surface area contributed by atoms with E-state index in [1.165, 1.54) is 0 Å². The van der Waals surface area contributed by atoms with E-state index in [0.717, 1.165) is 12.5 Å². The Hall–Kier alpha value is -3.14. The van der Waals surface area contributed by atoms with Crippen LogP contribution in [-0.2, 0) is 9.47 Å². The summed E-state index contributed by atoms with van der Waals surface area (Å²) in [6, 6.07) is 13.7. The lowest BCUT2D eigenvalue weighted by Crippen LogP contribution is -2.06. The number of carbonyl (C=O) groups is 2. The van der Waals surface area contributed by atoms with Crippen molar-refractivity contribution in [1.29, 1.82) is 0 Å². The highest BCUT2D eigenvalue weighted by Gasteiger charge is 2.18. The number of esters is 2. The van der Waals surface area contributed by atoms with E-state index in [2.05, 4.69) is 13.2 Å². The molecule has 2 rings (SSSR count). The van der Waals surface area contributed by atoms with Gasteiger partial charge in [-0.05, 0) is 23.3 Å². The van der Waals surface area contributed by atoms with Crippen molar-refractivity contribution in [1.82, 2.24) is 0 Å². The summed E-state index contributed by atoms with van der Waals surface area (Å²) in [5, 5.41) is 0. The van der Waals surface area contributed by atoms with E-state index in [9.17, 15) is 9.59 Å². The van der Waals surface area contributed by atoms with Crippen LogP contribution in [0.15, 0.2) is 74.2 Å². The van der Waals surface area contributed by atoms with Gasteiger partial charge in [0, 0.05) is 0 Å². The average Bonchev–Trinajstić information content (AvgIpc) is 2.55. The Morgan fingerprint density at radius 2 is 1.09 bits per heavy atom. The molecule has 0 fully saturated rings. The first-order valence-electron chi connectivity index (χ1n) is 6.51. The normalized spacial score (nSPS) is 9.64. The zero-order valence-electron chi connectivity index (χ0n) is 11.8. The molecule has 110 valence electrons. The molecule has 4 heteroatoms. The van der Waals surface area contributed by atoms with E-state index >= 15 is 0 Å². The molecule has 0 spiro atoms. The molecule has 0 N–H and O–H groups in total. The molecule has 2 aromatic carbocycles. The van der Waals surface area contributed by atoms with Crippen LogP contribution >= 0.6 is 0 Å². The largest absolute Gasteiger partial charge is 0.432 e. The quantitative estimate of drug-likeness (QED) is 0.619. The fraction of sp³-hybridized carbons (Fsp3) is 0. The number of hydrogen-bond donors (Lipinski definition) is 0. The van der Waals surface area contributed by atoms with Crippen molar-refractivity contribution in [2.75, 3.05) is 0 Å². The van der Waals surface area contributed by atoms with E-state index in [4.69, 9.17) is 9.47 Å². The molecule has 0 saturated heterocycles. The van der Waals surface area contributed by atoms with Crippen molar-refractivity contribution in [2.45, 2.75) is 0 Å². The minimum absolute atomic E-state index is 0.334. The van der Waals surface area contributed by atoms with Crippen LogP contribution in [0.4, 0.5) is 0 Å². The zero-order valence-corrected chi connectivity index (χ0v) is 11.8. The maximum atomic E-state index is 12.0. The van der Waals surface area contributed by atoms with Gasteiger partial charge < -0.3 is 9.47 Å². The Morgan fingerprint density at radius 3 is 1.45 bits per heavy atom. The Labute approximate surface area is 128 Å². The number of rotatable bonds is 5. The second-order valence-corrected chi connectivity index (χ2v) is 4.24. The van der Waals surface area contributed by atoms with Gasteiger partial charge in [-0.3, -0.25) is 0 Å². The molecule has 0 aliphatic heterocycles. The van der Waals surface area contributed by atoms with E-state index in [1.807, 2.05) is 0 Å². The van der Waals surface area contributed by atoms with Crippen molar-refractivity contribution >= 4 is 11.9 Å². The fourth-order valence-electron chi connectivity index (χ4n) is 2.07. The minimum atomic E-state index is -0.544. The van der Waals surface area contributed by atoms with E-state index in [0.29, 0.717) is 22.3 Å². The van der Waals surface area contributed by atoms with Gasteiger partial charge in [0.15, 0.2) is 0 Å². The molecule has 0 amide bonds. The lowest BCUT2D eigenvalue weighted by molar-refractivity contribution is 0.0653. The number of carbonyl (C=O) groups excluding carboxylic acids is 2. The average molecular weight is 294 g/mol. The predicted molar refractivity (Wildman–Crippen MR) is 83.1 cm³/mol. The lowest BCUT2D eigenvalue weighted by atomic mass is 9.95. The molecule has 0 atom stereocenters. The second kappa shape index (κ2) is 7.04. The van der Waals surface area contributed by atoms with Crippen LogP contribution in [0.5, 0.6) is 0 Å². The summed E-state index contributed by atoms with van der Waals surface area (Å²) in [4.78, 5) is 24.0. The van der Waals surface area contributed by atoms with Gasteiger partial charge in [-0.15, -0.1) is 0 Å². The molecule has 2 aromatic rings. The van der Waals surface area contributed by atoms with Crippen LogP contribution in [0.1, 0.15) is 20.7 Å². The maximum absolute atomic E-state index is 12.0. The summed E-state index contributed by atoms with van der Waals surface area (Å²) in [6.45, 7) is 6.74. The van der Waals surface area contributed by atoms with Crippen LogP contribution < -0.4 is 0 Å². The summed E-state index contributed by atoms with van der Waals surface area (Å²) < 4.78 is 9.66. The third-order valence-electron chi connectivity index (χ3n) is 2.96. The lowest BCUT2D eigenvalue weighted by Gasteiger charge is -2.11. The monoisotopic (exact) mass is 294 g/mol. The highest BCUT2D eigenvalue weighted by molar-refractivity contribution is 6.03. The number of benzene rings is 2. The molecule has 0 saturated carbocycles. The molecule has 0 unspecified atom stereocenters. The van der Waals surface area contributed by atoms with Crippen LogP contribution in [0, 0.1) is 0 Å². The molecule has 0 heterocycles. The van der Waals surface area contributed by atoms with Crippen LogP contribution in [0.25, 0.3) is 11.1 Å². The molecule has 22 heavy (non-hydrogen) atoms. The number of ether oxygens (including phenoxy) is 2. The van der Waals surface area contributed by atoms with Crippen LogP contribution in [0.2, 0.25) is 0 Å². The Morgan fingerprint density at radius 1 is 0.727 bits per heavy atom. The minimum Gasteiger partial charge on any atom is -0.432 e. The molecule has 4 nitrogen and oxygen atoms in total. The van der Waals surface area contributed by atoms with E-state index in [-0.39, 0.29) is 0 Å². The first-order valence-corrected chi connectivity index (χ1v) is 6.51. The molecule has 0 aliphatic carbocycles. The Bertz CT molecular complexity index is 668. The van der Waals surface area contributed by atoms with Crippen molar-refractivity contribution < 1.29 is 19.1 Å². The summed E-state index contributed by atoms with van der Waals surface area (Å²) in [5.74, 6) is -1.09. The molecular weight excluding hydrogens is 280 g/mol. The summed E-state index contributed by atoms with van der Waals surface area (Å²) in [6.07, 6.45) is 2.13. The smallest absolute Gasteiger partial charge is 0.343 e. The third-order valence-corrected chi connectivity index (χ3v) is 2.96. The predicted octanol–water partition coefficient (Wildman–Crippen LogP) is 3.95. The fourth-order valence-corrected chi connectivity index (χ4v) is 2.07. The van der Waals surface area contributed by atoms with Gasteiger partial charge in [0.2, 0.25) is 0 Å².